The van der Waals surface area contributed by atoms with E-state index in [0.29, 0.717) is 5.92 Å². The highest BCUT2D eigenvalue weighted by molar-refractivity contribution is 7.14. The Balaban J connectivity index is 1.95. The Hall–Kier alpha value is -0.870. The monoisotopic (exact) mass is 253 g/mol. The Labute approximate surface area is 106 Å². The minimum absolute atomic E-state index is 0.104. The number of aryl methyl sites for hydroxylation is 2. The van der Waals surface area contributed by atoms with E-state index >= 15 is 0 Å². The topological polar surface area (TPSA) is 40.5 Å². The molecule has 1 aliphatic rings. The second-order valence-electron chi connectivity index (χ2n) is 5.03. The third-order valence-electron chi connectivity index (χ3n) is 3.47. The van der Waals surface area contributed by atoms with Gasteiger partial charge in [-0.25, -0.2) is 0 Å². The molecule has 1 fully saturated rings. The van der Waals surface area contributed by atoms with Crippen LogP contribution in [0, 0.1) is 19.8 Å². The van der Waals surface area contributed by atoms with Gasteiger partial charge < -0.3 is 10.0 Å². The molecule has 4 heteroatoms. The predicted molar refractivity (Wildman–Crippen MR) is 69.5 cm³/mol. The molecule has 94 valence electrons. The average Bonchev–Trinajstić information content (AvgIpc) is 2.56. The lowest BCUT2D eigenvalue weighted by Crippen LogP contribution is -2.39. The summed E-state index contributed by atoms with van der Waals surface area (Å²) in [5.41, 5.74) is 1.19. The first-order valence-corrected chi connectivity index (χ1v) is 6.79. The largest absolute Gasteiger partial charge is 0.393 e. The Bertz CT molecular complexity index is 402. The van der Waals surface area contributed by atoms with Crippen LogP contribution in [0.1, 0.15) is 33.0 Å². The van der Waals surface area contributed by atoms with Crippen molar-refractivity contribution in [3.05, 3.63) is 21.4 Å². The molecule has 0 aliphatic heterocycles. The van der Waals surface area contributed by atoms with Gasteiger partial charge in [-0.1, -0.05) is 0 Å². The number of aliphatic hydroxyl groups is 1. The van der Waals surface area contributed by atoms with Gasteiger partial charge in [0.25, 0.3) is 5.91 Å². The molecule has 3 nitrogen and oxygen atoms in total. The lowest BCUT2D eigenvalue weighted by Gasteiger charge is -2.34. The number of rotatable bonds is 3. The second-order valence-corrected chi connectivity index (χ2v) is 6.28. The van der Waals surface area contributed by atoms with Crippen LogP contribution in [0.5, 0.6) is 0 Å². The van der Waals surface area contributed by atoms with Crippen molar-refractivity contribution >= 4 is 17.2 Å². The first-order chi connectivity index (χ1) is 7.97. The molecule has 1 saturated carbocycles. The van der Waals surface area contributed by atoms with Gasteiger partial charge in [-0.15, -0.1) is 11.3 Å². The summed E-state index contributed by atoms with van der Waals surface area (Å²) < 4.78 is 0. The van der Waals surface area contributed by atoms with Crippen LogP contribution in [0.15, 0.2) is 6.07 Å². The van der Waals surface area contributed by atoms with E-state index in [4.69, 9.17) is 0 Å². The van der Waals surface area contributed by atoms with Crippen LogP contribution < -0.4 is 0 Å². The van der Waals surface area contributed by atoms with Crippen LogP contribution in [0.3, 0.4) is 0 Å². The molecular weight excluding hydrogens is 234 g/mol. The normalized spacial score (nSPS) is 23.3. The van der Waals surface area contributed by atoms with Crippen molar-refractivity contribution < 1.29 is 9.90 Å². The molecule has 1 N–H and O–H groups in total. The molecule has 2 rings (SSSR count). The molecule has 0 aromatic carbocycles. The Morgan fingerprint density at radius 2 is 2.18 bits per heavy atom. The Morgan fingerprint density at radius 3 is 2.65 bits per heavy atom. The van der Waals surface area contributed by atoms with E-state index in [0.717, 1.165) is 24.3 Å². The zero-order valence-corrected chi connectivity index (χ0v) is 11.4. The first-order valence-electron chi connectivity index (χ1n) is 5.98. The van der Waals surface area contributed by atoms with Crippen LogP contribution in [0.2, 0.25) is 0 Å². The molecule has 1 aliphatic carbocycles. The first kappa shape index (κ1) is 12.6. The lowest BCUT2D eigenvalue weighted by molar-refractivity contribution is 0.0266. The van der Waals surface area contributed by atoms with Gasteiger partial charge in [0.05, 0.1) is 11.0 Å². The second kappa shape index (κ2) is 4.78. The molecule has 0 bridgehead atoms. The third kappa shape index (κ3) is 2.69. The predicted octanol–water partition coefficient (Wildman–Crippen LogP) is 2.21. The van der Waals surface area contributed by atoms with E-state index < -0.39 is 0 Å². The van der Waals surface area contributed by atoms with Crippen molar-refractivity contribution in [2.24, 2.45) is 5.92 Å². The van der Waals surface area contributed by atoms with Gasteiger partial charge >= 0.3 is 0 Å². The number of hydrogen-bond donors (Lipinski definition) is 1. The standard InChI is InChI=1S/C13H19NO2S/c1-8-4-12(17-9(8)2)13(16)14(3)7-10-5-11(15)6-10/h4,10-11,15H,5-7H2,1-3H3. The van der Waals surface area contributed by atoms with Gasteiger partial charge in [0, 0.05) is 18.5 Å². The molecule has 0 saturated heterocycles. The van der Waals surface area contributed by atoms with E-state index in [-0.39, 0.29) is 12.0 Å². The van der Waals surface area contributed by atoms with E-state index in [1.165, 1.54) is 10.4 Å². The van der Waals surface area contributed by atoms with Crippen molar-refractivity contribution in [3.63, 3.8) is 0 Å². The lowest BCUT2D eigenvalue weighted by atomic mass is 9.82. The highest BCUT2D eigenvalue weighted by atomic mass is 32.1. The fourth-order valence-corrected chi connectivity index (χ4v) is 3.22. The summed E-state index contributed by atoms with van der Waals surface area (Å²) in [7, 11) is 1.84. The molecule has 17 heavy (non-hydrogen) atoms. The summed E-state index contributed by atoms with van der Waals surface area (Å²) in [6, 6.07) is 1.97. The number of nitrogens with zero attached hydrogens (tertiary/aromatic N) is 1. The maximum atomic E-state index is 12.1. The van der Waals surface area contributed by atoms with Crippen LogP contribution >= 0.6 is 11.3 Å². The fourth-order valence-electron chi connectivity index (χ4n) is 2.19. The van der Waals surface area contributed by atoms with Crippen molar-refractivity contribution in [1.29, 1.82) is 0 Å². The maximum absolute atomic E-state index is 12.1. The molecule has 1 aromatic rings. The van der Waals surface area contributed by atoms with Crippen molar-refractivity contribution in [2.75, 3.05) is 13.6 Å². The van der Waals surface area contributed by atoms with Gasteiger partial charge in [-0.3, -0.25) is 4.79 Å². The number of carbonyl (C=O) groups is 1. The minimum Gasteiger partial charge on any atom is -0.393 e. The summed E-state index contributed by atoms with van der Waals surface area (Å²) in [5, 5.41) is 9.23. The molecule has 1 heterocycles. The number of aliphatic hydroxyl groups excluding tert-OH is 1. The molecule has 0 spiro atoms. The third-order valence-corrected chi connectivity index (χ3v) is 4.61. The number of amides is 1. The van der Waals surface area contributed by atoms with Crippen molar-refractivity contribution in [2.45, 2.75) is 32.8 Å². The highest BCUT2D eigenvalue weighted by Crippen LogP contribution is 2.28. The van der Waals surface area contributed by atoms with E-state index in [1.54, 1.807) is 16.2 Å². The van der Waals surface area contributed by atoms with Gasteiger partial charge in [0.15, 0.2) is 0 Å². The zero-order valence-electron chi connectivity index (χ0n) is 10.6. The number of carbonyl (C=O) groups excluding carboxylic acids is 1. The van der Waals surface area contributed by atoms with Crippen molar-refractivity contribution in [3.8, 4) is 0 Å². The van der Waals surface area contributed by atoms with E-state index in [2.05, 4.69) is 0 Å². The van der Waals surface area contributed by atoms with Crippen LogP contribution in [0.4, 0.5) is 0 Å². The zero-order chi connectivity index (χ0) is 12.6. The van der Waals surface area contributed by atoms with E-state index in [9.17, 15) is 9.90 Å². The Kier molecular flexibility index (Phi) is 3.54. The summed E-state index contributed by atoms with van der Waals surface area (Å²) in [4.78, 5) is 16.0. The molecule has 1 amide bonds. The summed E-state index contributed by atoms with van der Waals surface area (Å²) in [5.74, 6) is 0.577. The summed E-state index contributed by atoms with van der Waals surface area (Å²) in [6.07, 6.45) is 1.52. The fraction of sp³-hybridized carbons (Fsp3) is 0.615. The summed E-state index contributed by atoms with van der Waals surface area (Å²) >= 11 is 1.56. The summed E-state index contributed by atoms with van der Waals surface area (Å²) in [6.45, 7) is 4.83. The molecule has 0 radical (unpaired) electrons. The SMILES string of the molecule is Cc1cc(C(=O)N(C)CC2CC(O)C2)sc1C. The minimum atomic E-state index is -0.144. The number of hydrogen-bond acceptors (Lipinski definition) is 3. The molecule has 0 unspecified atom stereocenters. The molecule has 1 aromatic heterocycles. The molecule has 0 atom stereocenters. The van der Waals surface area contributed by atoms with Gasteiger partial charge in [0.2, 0.25) is 0 Å². The van der Waals surface area contributed by atoms with Gasteiger partial charge in [-0.2, -0.15) is 0 Å². The van der Waals surface area contributed by atoms with Crippen LogP contribution in [0.25, 0.3) is 0 Å². The Morgan fingerprint density at radius 1 is 1.53 bits per heavy atom. The van der Waals surface area contributed by atoms with Crippen LogP contribution in [-0.2, 0) is 0 Å². The van der Waals surface area contributed by atoms with Crippen molar-refractivity contribution in [1.82, 2.24) is 4.90 Å². The van der Waals surface area contributed by atoms with Gasteiger partial charge in [-0.05, 0) is 44.2 Å². The average molecular weight is 253 g/mol. The quantitative estimate of drug-likeness (QED) is 0.897. The maximum Gasteiger partial charge on any atom is 0.263 e. The van der Waals surface area contributed by atoms with E-state index in [1.807, 2.05) is 27.0 Å². The highest BCUT2D eigenvalue weighted by Gasteiger charge is 2.29. The smallest absolute Gasteiger partial charge is 0.263 e. The molecular formula is C13H19NO2S. The van der Waals surface area contributed by atoms with Crippen LogP contribution in [-0.4, -0.2) is 35.6 Å². The van der Waals surface area contributed by atoms with Gasteiger partial charge in [0.1, 0.15) is 0 Å². The number of thiophene rings is 1.